The zero-order chi connectivity index (χ0) is 13.3. The Hall–Kier alpha value is -0.660. The first kappa shape index (κ1) is 14.4. The number of nitrogens with zero attached hydrogens (tertiary/aromatic N) is 1. The van der Waals surface area contributed by atoms with Crippen molar-refractivity contribution in [1.29, 1.82) is 0 Å². The number of rotatable bonds is 4. The minimum Gasteiger partial charge on any atom is -0.243 e. The van der Waals surface area contributed by atoms with Crippen LogP contribution in [0.2, 0.25) is 0 Å². The van der Waals surface area contributed by atoms with Gasteiger partial charge in [-0.25, -0.2) is 21.8 Å². The van der Waals surface area contributed by atoms with Gasteiger partial charge in [0.05, 0.1) is 5.25 Å². The Balaban J connectivity index is 3.54. The molecule has 1 rings (SSSR count). The van der Waals surface area contributed by atoms with Crippen molar-refractivity contribution >= 4 is 31.3 Å². The Morgan fingerprint density at radius 3 is 2.41 bits per heavy atom. The number of aromatic nitrogens is 1. The first-order valence-electron chi connectivity index (χ1n) is 4.66. The summed E-state index contributed by atoms with van der Waals surface area (Å²) in [4.78, 5) is 3.37. The molecule has 0 amide bonds. The third kappa shape index (κ3) is 2.97. The summed E-state index contributed by atoms with van der Waals surface area (Å²) < 4.78 is 47.0. The molecular formula is C9H12ClNO4S2. The van der Waals surface area contributed by atoms with Crippen molar-refractivity contribution in [3.05, 3.63) is 18.3 Å². The molecule has 1 aromatic heterocycles. The van der Waals surface area contributed by atoms with Gasteiger partial charge in [-0.15, -0.1) is 11.6 Å². The van der Waals surface area contributed by atoms with Gasteiger partial charge in [0.2, 0.25) is 9.84 Å². The van der Waals surface area contributed by atoms with E-state index in [9.17, 15) is 16.8 Å². The van der Waals surface area contributed by atoms with E-state index >= 15 is 0 Å². The number of alkyl halides is 1. The molecule has 0 aliphatic rings. The fraction of sp³-hybridized carbons (Fsp3) is 0.444. The molecule has 0 radical (unpaired) electrons. The van der Waals surface area contributed by atoms with Crippen molar-refractivity contribution in [2.45, 2.75) is 22.1 Å². The van der Waals surface area contributed by atoms with E-state index in [2.05, 4.69) is 4.98 Å². The van der Waals surface area contributed by atoms with Gasteiger partial charge in [-0.1, -0.05) is 0 Å². The third-order valence-corrected chi connectivity index (χ3v) is 6.15. The minimum absolute atomic E-state index is 0.123. The van der Waals surface area contributed by atoms with Gasteiger partial charge in [0.15, 0.2) is 14.9 Å². The Morgan fingerprint density at radius 2 is 1.94 bits per heavy atom. The summed E-state index contributed by atoms with van der Waals surface area (Å²) in [5.74, 6) is -0.123. The number of pyridine rings is 1. The summed E-state index contributed by atoms with van der Waals surface area (Å²) in [6.45, 7) is 1.41. The van der Waals surface area contributed by atoms with Crippen LogP contribution in [0.15, 0.2) is 28.3 Å². The SMILES string of the molecule is CC(CCl)S(=O)(=O)c1ncccc1S(C)(=O)=O. The molecule has 0 N–H and O–H groups in total. The van der Waals surface area contributed by atoms with Gasteiger partial charge < -0.3 is 0 Å². The molecule has 0 bridgehead atoms. The minimum atomic E-state index is -3.83. The van der Waals surface area contributed by atoms with Crippen molar-refractivity contribution in [3.8, 4) is 0 Å². The van der Waals surface area contributed by atoms with Crippen molar-refractivity contribution in [1.82, 2.24) is 4.98 Å². The predicted molar refractivity (Wildman–Crippen MR) is 64.7 cm³/mol. The maximum atomic E-state index is 12.0. The topological polar surface area (TPSA) is 81.2 Å². The van der Waals surface area contributed by atoms with Crippen LogP contribution in [-0.2, 0) is 19.7 Å². The Kier molecular flexibility index (Phi) is 4.16. The Morgan fingerprint density at radius 1 is 1.35 bits per heavy atom. The van der Waals surface area contributed by atoms with Crippen LogP contribution < -0.4 is 0 Å². The van der Waals surface area contributed by atoms with Gasteiger partial charge in [0, 0.05) is 18.3 Å². The van der Waals surface area contributed by atoms with Crippen LogP contribution in [0.1, 0.15) is 6.92 Å². The molecule has 96 valence electrons. The highest BCUT2D eigenvalue weighted by Crippen LogP contribution is 2.22. The fourth-order valence-corrected chi connectivity index (χ4v) is 4.24. The van der Waals surface area contributed by atoms with Crippen molar-refractivity contribution in [2.24, 2.45) is 0 Å². The van der Waals surface area contributed by atoms with E-state index in [0.717, 1.165) is 6.26 Å². The molecule has 1 heterocycles. The van der Waals surface area contributed by atoms with E-state index < -0.39 is 30.0 Å². The highest BCUT2D eigenvalue weighted by Gasteiger charge is 2.29. The molecule has 0 aromatic carbocycles. The molecule has 0 spiro atoms. The van der Waals surface area contributed by atoms with E-state index in [1.807, 2.05) is 0 Å². The quantitative estimate of drug-likeness (QED) is 0.771. The lowest BCUT2D eigenvalue weighted by atomic mass is 10.5. The largest absolute Gasteiger partial charge is 0.243 e. The molecule has 8 heteroatoms. The molecule has 0 fully saturated rings. The Bertz CT molecular complexity index is 610. The van der Waals surface area contributed by atoms with Crippen LogP contribution in [0.5, 0.6) is 0 Å². The number of sulfone groups is 2. The Labute approximate surface area is 106 Å². The normalized spacial score (nSPS) is 14.5. The van der Waals surface area contributed by atoms with E-state index in [0.29, 0.717) is 0 Å². The van der Waals surface area contributed by atoms with Crippen LogP contribution >= 0.6 is 11.6 Å². The standard InChI is InChI=1S/C9H12ClNO4S2/c1-7(6-10)17(14,15)9-8(16(2,12)13)4-3-5-11-9/h3-5,7H,6H2,1-2H3. The summed E-state index contributed by atoms with van der Waals surface area (Å²) in [5.41, 5.74) is 0. The lowest BCUT2D eigenvalue weighted by Gasteiger charge is -2.11. The van der Waals surface area contributed by atoms with Crippen LogP contribution in [0.4, 0.5) is 0 Å². The first-order chi connectivity index (χ1) is 7.71. The third-order valence-electron chi connectivity index (χ3n) is 2.15. The molecule has 17 heavy (non-hydrogen) atoms. The highest BCUT2D eigenvalue weighted by molar-refractivity contribution is 7.94. The molecule has 0 saturated carbocycles. The van der Waals surface area contributed by atoms with E-state index in [1.165, 1.54) is 25.3 Å². The summed E-state index contributed by atoms with van der Waals surface area (Å²) in [7, 11) is -7.47. The molecule has 0 aliphatic heterocycles. The van der Waals surface area contributed by atoms with Crippen LogP contribution in [0.25, 0.3) is 0 Å². The zero-order valence-corrected chi connectivity index (χ0v) is 11.7. The summed E-state index contributed by atoms with van der Waals surface area (Å²) in [6.07, 6.45) is 2.18. The molecule has 1 atom stereocenters. The molecule has 1 unspecified atom stereocenters. The summed E-state index contributed by atoms with van der Waals surface area (Å²) in [6, 6.07) is 2.59. The molecule has 5 nitrogen and oxygen atoms in total. The van der Waals surface area contributed by atoms with Gasteiger partial charge in [0.25, 0.3) is 0 Å². The molecule has 0 saturated heterocycles. The second-order valence-electron chi connectivity index (χ2n) is 3.59. The number of hydrogen-bond acceptors (Lipinski definition) is 5. The van der Waals surface area contributed by atoms with Crippen LogP contribution in [-0.4, -0.2) is 39.2 Å². The van der Waals surface area contributed by atoms with Gasteiger partial charge in [-0.2, -0.15) is 0 Å². The van der Waals surface area contributed by atoms with Crippen molar-refractivity contribution < 1.29 is 16.8 Å². The first-order valence-corrected chi connectivity index (χ1v) is 8.63. The second kappa shape index (κ2) is 4.91. The molecule has 1 aromatic rings. The van der Waals surface area contributed by atoms with E-state index in [-0.39, 0.29) is 10.8 Å². The van der Waals surface area contributed by atoms with E-state index in [4.69, 9.17) is 11.6 Å². The van der Waals surface area contributed by atoms with Gasteiger partial charge in [-0.3, -0.25) is 0 Å². The zero-order valence-electron chi connectivity index (χ0n) is 9.29. The average Bonchev–Trinajstić information content (AvgIpc) is 2.26. The van der Waals surface area contributed by atoms with Crippen molar-refractivity contribution in [3.63, 3.8) is 0 Å². The summed E-state index contributed by atoms with van der Waals surface area (Å²) >= 11 is 5.50. The van der Waals surface area contributed by atoms with E-state index in [1.54, 1.807) is 0 Å². The fourth-order valence-electron chi connectivity index (χ4n) is 1.15. The van der Waals surface area contributed by atoms with Crippen LogP contribution in [0, 0.1) is 0 Å². The van der Waals surface area contributed by atoms with Gasteiger partial charge >= 0.3 is 0 Å². The maximum absolute atomic E-state index is 12.0. The van der Waals surface area contributed by atoms with Crippen LogP contribution in [0.3, 0.4) is 0 Å². The number of halogens is 1. The lowest BCUT2D eigenvalue weighted by molar-refractivity contribution is 0.574. The number of hydrogen-bond donors (Lipinski definition) is 0. The van der Waals surface area contributed by atoms with Gasteiger partial charge in [-0.05, 0) is 19.1 Å². The van der Waals surface area contributed by atoms with Crippen molar-refractivity contribution in [2.75, 3.05) is 12.1 Å². The molecular weight excluding hydrogens is 286 g/mol. The summed E-state index contributed by atoms with van der Waals surface area (Å²) in [5, 5.41) is -1.32. The van der Waals surface area contributed by atoms with Gasteiger partial charge in [0.1, 0.15) is 4.90 Å². The average molecular weight is 298 g/mol. The predicted octanol–water partition coefficient (Wildman–Crippen LogP) is 0.886. The molecule has 0 aliphatic carbocycles. The lowest BCUT2D eigenvalue weighted by Crippen LogP contribution is -2.22. The maximum Gasteiger partial charge on any atom is 0.200 e. The second-order valence-corrected chi connectivity index (χ2v) is 8.16. The highest BCUT2D eigenvalue weighted by atomic mass is 35.5. The smallest absolute Gasteiger partial charge is 0.200 e. The monoisotopic (exact) mass is 297 g/mol.